The summed E-state index contributed by atoms with van der Waals surface area (Å²) in [6.45, 7) is 8.77. The van der Waals surface area contributed by atoms with Crippen LogP contribution in [-0.4, -0.2) is 25.1 Å². The largest absolute Gasteiger partial charge is 0.373 e. The van der Waals surface area contributed by atoms with E-state index >= 15 is 0 Å². The Hall–Kier alpha value is -1.09. The van der Waals surface area contributed by atoms with E-state index in [2.05, 4.69) is 55.2 Å². The predicted octanol–water partition coefficient (Wildman–Crippen LogP) is 3.77. The summed E-state index contributed by atoms with van der Waals surface area (Å²) in [6, 6.07) is 4.73. The minimum absolute atomic E-state index is 0.384. The third kappa shape index (κ3) is 5.19. The quantitative estimate of drug-likeness (QED) is 0.735. The van der Waals surface area contributed by atoms with Crippen molar-refractivity contribution in [1.82, 2.24) is 10.3 Å². The second-order valence-electron chi connectivity index (χ2n) is 5.13. The van der Waals surface area contributed by atoms with Crippen molar-refractivity contribution in [3.05, 3.63) is 24.0 Å². The highest BCUT2D eigenvalue weighted by Gasteiger charge is 2.10. The number of hydrogen-bond acceptors (Lipinski definition) is 3. The zero-order valence-electron chi connectivity index (χ0n) is 12.9. The number of anilines is 1. The fourth-order valence-electron chi connectivity index (χ4n) is 2.13. The first-order valence-corrected chi connectivity index (χ1v) is 7.63. The van der Waals surface area contributed by atoms with Crippen molar-refractivity contribution >= 4 is 5.69 Å². The summed E-state index contributed by atoms with van der Waals surface area (Å²) in [5, 5.41) is 3.54. The summed E-state index contributed by atoms with van der Waals surface area (Å²) in [5.41, 5.74) is 2.37. The number of nitrogens with one attached hydrogen (secondary N) is 1. The number of hydrogen-bond donors (Lipinski definition) is 1. The van der Waals surface area contributed by atoms with Crippen LogP contribution in [0.5, 0.6) is 0 Å². The fourth-order valence-corrected chi connectivity index (χ4v) is 2.13. The Balaban J connectivity index is 2.63. The van der Waals surface area contributed by atoms with E-state index in [1.54, 1.807) is 0 Å². The van der Waals surface area contributed by atoms with Crippen LogP contribution in [-0.2, 0) is 0 Å². The van der Waals surface area contributed by atoms with E-state index in [4.69, 9.17) is 0 Å². The molecule has 0 fully saturated rings. The number of unbranched alkanes of at least 4 members (excludes halogenated alkanes) is 1. The van der Waals surface area contributed by atoms with Crippen LogP contribution in [0.4, 0.5) is 5.69 Å². The van der Waals surface area contributed by atoms with Crippen LogP contribution in [0.3, 0.4) is 0 Å². The maximum Gasteiger partial charge on any atom is 0.0574 e. The van der Waals surface area contributed by atoms with Gasteiger partial charge in [-0.2, -0.15) is 0 Å². The number of pyridine rings is 1. The second-order valence-corrected chi connectivity index (χ2v) is 5.13. The standard InChI is InChI=1S/C16H29N3/c1-5-8-12-19(4)14-9-10-16(18-13-14)15(7-3)17-11-6-2/h9-10,13,15,17H,5-8,11-12H2,1-4H3. The Bertz CT molecular complexity index is 334. The molecule has 0 spiro atoms. The minimum Gasteiger partial charge on any atom is -0.373 e. The van der Waals surface area contributed by atoms with Gasteiger partial charge < -0.3 is 10.2 Å². The lowest BCUT2D eigenvalue weighted by Gasteiger charge is -2.20. The highest BCUT2D eigenvalue weighted by Crippen LogP contribution is 2.18. The molecular formula is C16H29N3. The molecule has 0 amide bonds. The lowest BCUT2D eigenvalue weighted by Crippen LogP contribution is -2.23. The third-order valence-corrected chi connectivity index (χ3v) is 3.46. The van der Waals surface area contributed by atoms with Gasteiger partial charge in [-0.25, -0.2) is 0 Å². The maximum atomic E-state index is 4.63. The molecule has 0 radical (unpaired) electrons. The van der Waals surface area contributed by atoms with Crippen molar-refractivity contribution in [2.45, 2.75) is 52.5 Å². The Labute approximate surface area is 118 Å². The topological polar surface area (TPSA) is 28.2 Å². The molecule has 1 aromatic rings. The second kappa shape index (κ2) is 8.92. The van der Waals surface area contributed by atoms with Crippen molar-refractivity contribution in [2.75, 3.05) is 25.0 Å². The monoisotopic (exact) mass is 263 g/mol. The van der Waals surface area contributed by atoms with Gasteiger partial charge in [-0.1, -0.05) is 27.2 Å². The first-order valence-electron chi connectivity index (χ1n) is 7.63. The number of rotatable bonds is 9. The van der Waals surface area contributed by atoms with Gasteiger partial charge in [0.2, 0.25) is 0 Å². The van der Waals surface area contributed by atoms with E-state index < -0.39 is 0 Å². The normalized spacial score (nSPS) is 12.4. The van der Waals surface area contributed by atoms with Gasteiger partial charge >= 0.3 is 0 Å². The number of nitrogens with zero attached hydrogens (tertiary/aromatic N) is 2. The van der Waals surface area contributed by atoms with Gasteiger partial charge in [0.25, 0.3) is 0 Å². The van der Waals surface area contributed by atoms with Crippen LogP contribution in [0.2, 0.25) is 0 Å². The minimum atomic E-state index is 0.384. The molecule has 3 heteroatoms. The van der Waals surface area contributed by atoms with Gasteiger partial charge in [-0.15, -0.1) is 0 Å². The molecule has 3 nitrogen and oxygen atoms in total. The molecule has 1 aromatic heterocycles. The van der Waals surface area contributed by atoms with Crippen molar-refractivity contribution in [2.24, 2.45) is 0 Å². The smallest absolute Gasteiger partial charge is 0.0574 e. The molecule has 1 heterocycles. The van der Waals surface area contributed by atoms with Gasteiger partial charge in [-0.05, 0) is 37.9 Å². The summed E-state index contributed by atoms with van der Waals surface area (Å²) in [4.78, 5) is 6.91. The van der Waals surface area contributed by atoms with Crippen molar-refractivity contribution in [3.8, 4) is 0 Å². The molecular weight excluding hydrogens is 234 g/mol. The molecule has 108 valence electrons. The van der Waals surface area contributed by atoms with Crippen LogP contribution in [0.1, 0.15) is 58.2 Å². The van der Waals surface area contributed by atoms with E-state index in [-0.39, 0.29) is 0 Å². The average molecular weight is 263 g/mol. The van der Waals surface area contributed by atoms with Crippen molar-refractivity contribution < 1.29 is 0 Å². The van der Waals surface area contributed by atoms with Crippen LogP contribution in [0.25, 0.3) is 0 Å². The van der Waals surface area contributed by atoms with Gasteiger partial charge in [0.05, 0.1) is 17.6 Å². The average Bonchev–Trinajstić information content (AvgIpc) is 2.46. The summed E-state index contributed by atoms with van der Waals surface area (Å²) in [5.74, 6) is 0. The molecule has 0 saturated heterocycles. The Morgan fingerprint density at radius 1 is 1.21 bits per heavy atom. The van der Waals surface area contributed by atoms with Gasteiger partial charge in [-0.3, -0.25) is 4.98 Å². The molecule has 0 aromatic carbocycles. The van der Waals surface area contributed by atoms with Crippen molar-refractivity contribution in [3.63, 3.8) is 0 Å². The Morgan fingerprint density at radius 3 is 2.53 bits per heavy atom. The predicted molar refractivity (Wildman–Crippen MR) is 83.7 cm³/mol. The molecule has 0 saturated carbocycles. The fraction of sp³-hybridized carbons (Fsp3) is 0.688. The molecule has 1 rings (SSSR count). The van der Waals surface area contributed by atoms with Gasteiger partial charge in [0.15, 0.2) is 0 Å². The van der Waals surface area contributed by atoms with E-state index in [1.807, 2.05) is 6.20 Å². The summed E-state index contributed by atoms with van der Waals surface area (Å²) in [6.07, 6.45) is 6.70. The molecule has 0 aliphatic rings. The SMILES string of the molecule is CCCCN(C)c1ccc(C(CC)NCCC)nc1. The van der Waals surface area contributed by atoms with E-state index in [1.165, 1.54) is 18.5 Å². The van der Waals surface area contributed by atoms with Gasteiger partial charge in [0, 0.05) is 19.6 Å². The lowest BCUT2D eigenvalue weighted by atomic mass is 10.1. The molecule has 1 atom stereocenters. The number of aromatic nitrogens is 1. The van der Waals surface area contributed by atoms with Crippen LogP contribution in [0.15, 0.2) is 18.3 Å². The summed E-state index contributed by atoms with van der Waals surface area (Å²) < 4.78 is 0. The zero-order valence-corrected chi connectivity index (χ0v) is 12.9. The van der Waals surface area contributed by atoms with E-state index in [0.717, 1.165) is 31.6 Å². The van der Waals surface area contributed by atoms with E-state index in [9.17, 15) is 0 Å². The molecule has 0 bridgehead atoms. The molecule has 1 N–H and O–H groups in total. The Kier molecular flexibility index (Phi) is 7.49. The summed E-state index contributed by atoms with van der Waals surface area (Å²) in [7, 11) is 2.14. The van der Waals surface area contributed by atoms with E-state index in [0.29, 0.717) is 6.04 Å². The Morgan fingerprint density at radius 2 is 2.00 bits per heavy atom. The van der Waals surface area contributed by atoms with Gasteiger partial charge in [0.1, 0.15) is 0 Å². The molecule has 0 aliphatic carbocycles. The van der Waals surface area contributed by atoms with Crippen LogP contribution in [0, 0.1) is 0 Å². The van der Waals surface area contributed by atoms with Crippen LogP contribution < -0.4 is 10.2 Å². The lowest BCUT2D eigenvalue weighted by molar-refractivity contribution is 0.507. The first kappa shape index (κ1) is 16.0. The highest BCUT2D eigenvalue weighted by atomic mass is 15.1. The first-order chi connectivity index (χ1) is 9.22. The molecule has 19 heavy (non-hydrogen) atoms. The third-order valence-electron chi connectivity index (χ3n) is 3.46. The summed E-state index contributed by atoms with van der Waals surface area (Å²) >= 11 is 0. The van der Waals surface area contributed by atoms with Crippen LogP contribution >= 0.6 is 0 Å². The molecule has 1 unspecified atom stereocenters. The zero-order chi connectivity index (χ0) is 14.1. The highest BCUT2D eigenvalue weighted by molar-refractivity contribution is 5.43. The van der Waals surface area contributed by atoms with Crippen molar-refractivity contribution in [1.29, 1.82) is 0 Å². The maximum absolute atomic E-state index is 4.63. The molecule has 0 aliphatic heterocycles.